The van der Waals surface area contributed by atoms with Gasteiger partial charge >= 0.3 is 0 Å². The van der Waals surface area contributed by atoms with Gasteiger partial charge in [0.2, 0.25) is 0 Å². The first-order valence-electron chi connectivity index (χ1n) is 11.3. The smallest absolute Gasteiger partial charge is 0.269 e. The molecule has 0 bridgehead atoms. The monoisotopic (exact) mass is 502 g/mol. The van der Waals surface area contributed by atoms with E-state index in [1.54, 1.807) is 40.7 Å². The third-order valence-corrected chi connectivity index (χ3v) is 7.22. The molecule has 3 N–H and O–H groups in total. The number of benzene rings is 3. The number of aryl methyl sites for hydroxylation is 1. The van der Waals surface area contributed by atoms with Crippen LogP contribution >= 0.6 is 23.4 Å². The van der Waals surface area contributed by atoms with E-state index in [0.29, 0.717) is 22.7 Å². The number of nitrogens with one attached hydrogen (secondary N) is 1. The molecule has 2 amide bonds. The Hall–Kier alpha value is -3.55. The van der Waals surface area contributed by atoms with Crippen molar-refractivity contribution in [1.82, 2.24) is 9.78 Å². The minimum absolute atomic E-state index is 0.281. The topological polar surface area (TPSA) is 90.0 Å². The fourth-order valence-corrected chi connectivity index (χ4v) is 5.28. The highest BCUT2D eigenvalue weighted by atomic mass is 35.5. The van der Waals surface area contributed by atoms with Gasteiger partial charge in [0.25, 0.3) is 11.8 Å². The number of anilines is 1. The minimum atomic E-state index is -0.551. The van der Waals surface area contributed by atoms with Crippen molar-refractivity contribution in [2.75, 3.05) is 11.1 Å². The van der Waals surface area contributed by atoms with Crippen molar-refractivity contribution >= 4 is 40.9 Å². The maximum atomic E-state index is 12.8. The van der Waals surface area contributed by atoms with Crippen molar-refractivity contribution in [3.05, 3.63) is 94.1 Å². The van der Waals surface area contributed by atoms with E-state index in [-0.39, 0.29) is 11.6 Å². The second-order valence-corrected chi connectivity index (χ2v) is 9.93. The maximum Gasteiger partial charge on any atom is 0.269 e. The summed E-state index contributed by atoms with van der Waals surface area (Å²) < 4.78 is 1.79. The summed E-state index contributed by atoms with van der Waals surface area (Å²) >= 11 is 7.96. The van der Waals surface area contributed by atoms with Crippen LogP contribution in [0.2, 0.25) is 5.02 Å². The van der Waals surface area contributed by atoms with Crippen LogP contribution < -0.4 is 11.1 Å². The second kappa shape index (κ2) is 9.60. The molecule has 8 heteroatoms. The molecule has 6 nitrogen and oxygen atoms in total. The van der Waals surface area contributed by atoms with Crippen molar-refractivity contribution in [1.29, 1.82) is 0 Å². The van der Waals surface area contributed by atoms with Gasteiger partial charge in [-0.15, -0.1) is 11.8 Å². The third kappa shape index (κ3) is 4.45. The Bertz CT molecular complexity index is 1450. The highest BCUT2D eigenvalue weighted by molar-refractivity contribution is 7.99. The van der Waals surface area contributed by atoms with Gasteiger partial charge in [-0.2, -0.15) is 5.10 Å². The van der Waals surface area contributed by atoms with Crippen LogP contribution in [0.1, 0.15) is 38.9 Å². The molecule has 1 aliphatic rings. The van der Waals surface area contributed by atoms with Crippen molar-refractivity contribution in [3.63, 3.8) is 0 Å². The van der Waals surface area contributed by atoms with Crippen molar-refractivity contribution < 1.29 is 9.59 Å². The zero-order valence-corrected chi connectivity index (χ0v) is 20.6. The van der Waals surface area contributed by atoms with Gasteiger partial charge in [0, 0.05) is 21.7 Å². The van der Waals surface area contributed by atoms with Crippen LogP contribution in [-0.4, -0.2) is 27.3 Å². The number of nitrogens with two attached hydrogens (primary N) is 1. The molecule has 1 heterocycles. The molecular weight excluding hydrogens is 480 g/mol. The molecule has 0 fully saturated rings. The predicted octanol–water partition coefficient (Wildman–Crippen LogP) is 5.75. The Morgan fingerprint density at radius 3 is 2.57 bits per heavy atom. The Balaban J connectivity index is 1.58. The van der Waals surface area contributed by atoms with E-state index in [1.807, 2.05) is 42.5 Å². The highest BCUT2D eigenvalue weighted by Crippen LogP contribution is 2.38. The lowest BCUT2D eigenvalue weighted by Crippen LogP contribution is -2.15. The molecule has 35 heavy (non-hydrogen) atoms. The number of aromatic nitrogens is 2. The number of hydrogen-bond acceptors (Lipinski definition) is 4. The second-order valence-electron chi connectivity index (χ2n) is 8.18. The molecule has 4 aromatic rings. The zero-order chi connectivity index (χ0) is 24.5. The van der Waals surface area contributed by atoms with Crippen LogP contribution in [0.3, 0.4) is 0 Å². The zero-order valence-electron chi connectivity index (χ0n) is 19.0. The van der Waals surface area contributed by atoms with Crippen LogP contribution in [0.4, 0.5) is 5.69 Å². The maximum absolute atomic E-state index is 12.8. The summed E-state index contributed by atoms with van der Waals surface area (Å²) in [5.74, 6) is 0.144. The molecule has 0 radical (unpaired) electrons. The summed E-state index contributed by atoms with van der Waals surface area (Å²) in [4.78, 5) is 26.2. The largest absolute Gasteiger partial charge is 0.364 e. The van der Waals surface area contributed by atoms with Crippen LogP contribution in [0.5, 0.6) is 0 Å². The summed E-state index contributed by atoms with van der Waals surface area (Å²) in [6, 6.07) is 20.8. The predicted molar refractivity (Wildman–Crippen MR) is 141 cm³/mol. The number of halogens is 1. The molecular formula is C27H23ClN4O2S. The number of thioether (sulfide) groups is 1. The number of amides is 2. The molecule has 0 spiro atoms. The molecule has 5 rings (SSSR count). The summed E-state index contributed by atoms with van der Waals surface area (Å²) in [6.07, 6.45) is 1.41. The van der Waals surface area contributed by atoms with E-state index in [4.69, 9.17) is 17.3 Å². The lowest BCUT2D eigenvalue weighted by atomic mass is 9.88. The molecule has 1 aliphatic carbocycles. The Morgan fingerprint density at radius 1 is 1.09 bits per heavy atom. The van der Waals surface area contributed by atoms with Gasteiger partial charge < -0.3 is 11.1 Å². The number of carbonyl (C=O) groups is 2. The number of carbonyl (C=O) groups excluding carboxylic acids is 2. The van der Waals surface area contributed by atoms with Crippen molar-refractivity contribution in [2.45, 2.75) is 24.7 Å². The van der Waals surface area contributed by atoms with E-state index in [0.717, 1.165) is 45.1 Å². The Morgan fingerprint density at radius 2 is 1.86 bits per heavy atom. The molecule has 0 saturated carbocycles. The SMILES string of the molecule is CCSc1ccc(-n2nc(C(N)=O)c3c2-c2cc(NC(=O)c4ccccc4Cl)ccc2CC3)cc1. The Kier molecular flexibility index (Phi) is 6.36. The van der Waals surface area contributed by atoms with Gasteiger partial charge in [-0.3, -0.25) is 9.59 Å². The molecule has 0 aliphatic heterocycles. The number of fused-ring (bicyclic) bond motifs is 3. The van der Waals surface area contributed by atoms with Gasteiger partial charge in [-0.05, 0) is 72.7 Å². The lowest BCUT2D eigenvalue weighted by Gasteiger charge is -2.20. The van der Waals surface area contributed by atoms with Gasteiger partial charge in [0.15, 0.2) is 5.69 Å². The van der Waals surface area contributed by atoms with Crippen LogP contribution in [0.15, 0.2) is 71.6 Å². The fraction of sp³-hybridized carbons (Fsp3) is 0.148. The number of nitrogens with zero attached hydrogens (tertiary/aromatic N) is 2. The van der Waals surface area contributed by atoms with Gasteiger partial charge in [-0.25, -0.2) is 4.68 Å². The Labute approximate surface area is 212 Å². The van der Waals surface area contributed by atoms with Gasteiger partial charge in [0.05, 0.1) is 22.0 Å². The van der Waals surface area contributed by atoms with Gasteiger partial charge in [0.1, 0.15) is 0 Å². The van der Waals surface area contributed by atoms with E-state index in [1.165, 1.54) is 0 Å². The molecule has 1 aromatic heterocycles. The van der Waals surface area contributed by atoms with E-state index < -0.39 is 5.91 Å². The molecule has 3 aromatic carbocycles. The van der Waals surface area contributed by atoms with E-state index in [2.05, 4.69) is 17.3 Å². The third-order valence-electron chi connectivity index (χ3n) is 5.99. The first-order valence-corrected chi connectivity index (χ1v) is 12.7. The summed E-state index contributed by atoms with van der Waals surface area (Å²) in [5.41, 5.74) is 11.5. The average Bonchev–Trinajstić information content (AvgIpc) is 3.25. The van der Waals surface area contributed by atoms with Crippen molar-refractivity contribution in [3.8, 4) is 16.9 Å². The van der Waals surface area contributed by atoms with Gasteiger partial charge in [-0.1, -0.05) is 36.7 Å². The first kappa shape index (κ1) is 23.2. The van der Waals surface area contributed by atoms with E-state index >= 15 is 0 Å². The number of rotatable bonds is 6. The quantitative estimate of drug-likeness (QED) is 0.328. The first-order chi connectivity index (χ1) is 17.0. The van der Waals surface area contributed by atoms with Crippen LogP contribution in [0.25, 0.3) is 16.9 Å². The molecule has 0 unspecified atom stereocenters. The highest BCUT2D eigenvalue weighted by Gasteiger charge is 2.28. The number of hydrogen-bond donors (Lipinski definition) is 2. The summed E-state index contributed by atoms with van der Waals surface area (Å²) in [6.45, 7) is 2.11. The summed E-state index contributed by atoms with van der Waals surface area (Å²) in [5, 5.41) is 7.95. The minimum Gasteiger partial charge on any atom is -0.364 e. The van der Waals surface area contributed by atoms with E-state index in [9.17, 15) is 9.59 Å². The van der Waals surface area contributed by atoms with Crippen LogP contribution in [0, 0.1) is 0 Å². The lowest BCUT2D eigenvalue weighted by molar-refractivity contribution is 0.0992. The number of primary amides is 1. The standard InChI is InChI=1S/C27H23ClN4O2S/c1-2-35-19-12-10-18(11-13-19)32-25-21(24(31-32)26(29)33)14-8-16-7-9-17(15-22(16)25)30-27(34)20-5-3-4-6-23(20)28/h3-7,9-13,15H,2,8,14H2,1H3,(H2,29,33)(H,30,34). The van der Waals surface area contributed by atoms with Crippen molar-refractivity contribution in [2.24, 2.45) is 5.73 Å². The molecule has 176 valence electrons. The molecule has 0 saturated heterocycles. The summed E-state index contributed by atoms with van der Waals surface area (Å²) in [7, 11) is 0. The molecule has 0 atom stereocenters. The van der Waals surface area contributed by atoms with Crippen LogP contribution in [-0.2, 0) is 12.8 Å². The normalized spacial score (nSPS) is 12.1. The average molecular weight is 503 g/mol. The fourth-order valence-electron chi connectivity index (χ4n) is 4.39.